The first-order valence-corrected chi connectivity index (χ1v) is 9.71. The van der Waals surface area contributed by atoms with Gasteiger partial charge < -0.3 is 16.0 Å². The number of pyridine rings is 1. The fraction of sp³-hybridized carbons (Fsp3) is 0.650. The van der Waals surface area contributed by atoms with Crippen molar-refractivity contribution in [3.63, 3.8) is 0 Å². The van der Waals surface area contributed by atoms with Crippen molar-refractivity contribution < 1.29 is 9.59 Å². The van der Waals surface area contributed by atoms with Gasteiger partial charge in [0.2, 0.25) is 5.91 Å². The summed E-state index contributed by atoms with van der Waals surface area (Å²) in [4.78, 5) is 28.5. The van der Waals surface area contributed by atoms with Crippen LogP contribution in [0.3, 0.4) is 0 Å². The van der Waals surface area contributed by atoms with Crippen LogP contribution in [-0.2, 0) is 4.79 Å². The number of urea groups is 1. The fourth-order valence-corrected chi connectivity index (χ4v) is 5.92. The number of aromatic nitrogens is 1. The lowest BCUT2D eigenvalue weighted by atomic mass is 9.48. The molecule has 3 N–H and O–H groups in total. The number of anilines is 1. The molecule has 0 spiro atoms. The van der Waals surface area contributed by atoms with Crippen LogP contribution in [0, 0.1) is 30.6 Å². The van der Waals surface area contributed by atoms with Gasteiger partial charge in [-0.05, 0) is 74.8 Å². The van der Waals surface area contributed by atoms with E-state index in [1.54, 1.807) is 19.2 Å². The number of aryl methyl sites for hydroxylation is 1. The molecule has 4 aliphatic rings. The minimum Gasteiger partial charge on any atom is -0.349 e. The standard InChI is InChI=1S/C20H28N4O2/c1-12-5-18(3-4-21-12)23-19(26)22-11-20(24-13(2)25)16-7-14-6-15(9-16)10-17(20)8-14/h3-5,14-17H,6-11H2,1-2H3,(H,24,25)(H2,21,22,23,26). The van der Waals surface area contributed by atoms with Gasteiger partial charge in [0.05, 0.1) is 5.54 Å². The van der Waals surface area contributed by atoms with Crippen LogP contribution < -0.4 is 16.0 Å². The lowest BCUT2D eigenvalue weighted by Crippen LogP contribution is -2.70. The molecular formula is C20H28N4O2. The average Bonchev–Trinajstić information content (AvgIpc) is 2.56. The summed E-state index contributed by atoms with van der Waals surface area (Å²) >= 11 is 0. The summed E-state index contributed by atoms with van der Waals surface area (Å²) in [5, 5.41) is 9.19. The summed E-state index contributed by atoms with van der Waals surface area (Å²) in [7, 11) is 0. The third-order valence-electron chi connectivity index (χ3n) is 6.70. The van der Waals surface area contributed by atoms with Gasteiger partial charge in [0.25, 0.3) is 0 Å². The molecule has 1 aromatic rings. The summed E-state index contributed by atoms with van der Waals surface area (Å²) in [6.07, 6.45) is 7.76. The number of carbonyl (C=O) groups is 2. The van der Waals surface area contributed by atoms with E-state index < -0.39 is 0 Å². The minimum atomic E-state index is -0.287. The molecule has 0 radical (unpaired) electrons. The highest BCUT2D eigenvalue weighted by molar-refractivity contribution is 5.89. The largest absolute Gasteiger partial charge is 0.349 e. The predicted molar refractivity (Wildman–Crippen MR) is 99.6 cm³/mol. The molecule has 0 aliphatic heterocycles. The van der Waals surface area contributed by atoms with Gasteiger partial charge in [-0.1, -0.05) is 0 Å². The van der Waals surface area contributed by atoms with Crippen molar-refractivity contribution in [1.82, 2.24) is 15.6 Å². The van der Waals surface area contributed by atoms with Gasteiger partial charge in [0.1, 0.15) is 0 Å². The molecule has 6 nitrogen and oxygen atoms in total. The summed E-state index contributed by atoms with van der Waals surface area (Å²) in [6.45, 7) is 3.98. The van der Waals surface area contributed by atoms with Crippen LogP contribution in [0.25, 0.3) is 0 Å². The van der Waals surface area contributed by atoms with Gasteiger partial charge in [0, 0.05) is 31.0 Å². The Balaban J connectivity index is 1.46. The number of hydrogen-bond donors (Lipinski definition) is 3. The quantitative estimate of drug-likeness (QED) is 0.776. The lowest BCUT2D eigenvalue weighted by molar-refractivity contribution is -0.129. The van der Waals surface area contributed by atoms with Gasteiger partial charge in [-0.15, -0.1) is 0 Å². The molecular weight excluding hydrogens is 328 g/mol. The molecule has 0 aromatic carbocycles. The second-order valence-corrected chi connectivity index (χ2v) is 8.52. The van der Waals surface area contributed by atoms with Gasteiger partial charge in [-0.25, -0.2) is 4.79 Å². The fourth-order valence-electron chi connectivity index (χ4n) is 5.92. The van der Waals surface area contributed by atoms with E-state index in [0.717, 1.165) is 23.2 Å². The van der Waals surface area contributed by atoms with Crippen molar-refractivity contribution in [2.24, 2.45) is 23.7 Å². The molecule has 6 heteroatoms. The third-order valence-corrected chi connectivity index (χ3v) is 6.70. The molecule has 4 saturated carbocycles. The van der Waals surface area contributed by atoms with E-state index in [9.17, 15) is 9.59 Å². The Morgan fingerprint density at radius 3 is 2.38 bits per heavy atom. The molecule has 0 unspecified atom stereocenters. The van der Waals surface area contributed by atoms with Crippen LogP contribution in [0.4, 0.5) is 10.5 Å². The predicted octanol–water partition coefficient (Wildman–Crippen LogP) is 2.84. The topological polar surface area (TPSA) is 83.1 Å². The zero-order valence-corrected chi connectivity index (χ0v) is 15.5. The second-order valence-electron chi connectivity index (χ2n) is 8.52. The lowest BCUT2D eigenvalue weighted by Gasteiger charge is -2.61. The van der Waals surface area contributed by atoms with Crippen LogP contribution >= 0.6 is 0 Å². The molecule has 1 heterocycles. The van der Waals surface area contributed by atoms with Crippen LogP contribution in [0.1, 0.15) is 44.7 Å². The normalized spacial score (nSPS) is 34.4. The SMILES string of the molecule is CC(=O)NC1(CNC(=O)Nc2ccnc(C)c2)C2CC3CC(C2)CC1C3. The molecule has 5 rings (SSSR count). The minimum absolute atomic E-state index is 0.00411. The van der Waals surface area contributed by atoms with E-state index in [2.05, 4.69) is 20.9 Å². The Morgan fingerprint density at radius 2 is 1.81 bits per heavy atom. The van der Waals surface area contributed by atoms with Gasteiger partial charge >= 0.3 is 6.03 Å². The highest BCUT2D eigenvalue weighted by Gasteiger charge is 2.57. The molecule has 1 aromatic heterocycles. The number of hydrogen-bond acceptors (Lipinski definition) is 3. The number of nitrogens with zero attached hydrogens (tertiary/aromatic N) is 1. The summed E-state index contributed by atoms with van der Waals surface area (Å²) < 4.78 is 0. The van der Waals surface area contributed by atoms with Crippen molar-refractivity contribution >= 4 is 17.6 Å². The Morgan fingerprint density at radius 1 is 1.15 bits per heavy atom. The van der Waals surface area contributed by atoms with Crippen molar-refractivity contribution in [3.8, 4) is 0 Å². The summed E-state index contributed by atoms with van der Waals surface area (Å²) in [5.41, 5.74) is 1.30. The zero-order valence-electron chi connectivity index (χ0n) is 15.5. The van der Waals surface area contributed by atoms with E-state index in [1.807, 2.05) is 13.0 Å². The van der Waals surface area contributed by atoms with E-state index in [-0.39, 0.29) is 17.5 Å². The molecule has 26 heavy (non-hydrogen) atoms. The monoisotopic (exact) mass is 356 g/mol. The average molecular weight is 356 g/mol. The Bertz CT molecular complexity index is 690. The van der Waals surface area contributed by atoms with Gasteiger partial charge in [-0.2, -0.15) is 0 Å². The highest BCUT2D eigenvalue weighted by Crippen LogP contribution is 2.58. The molecule has 4 aliphatic carbocycles. The molecule has 4 bridgehead atoms. The molecule has 0 atom stereocenters. The van der Waals surface area contributed by atoms with Crippen molar-refractivity contribution in [3.05, 3.63) is 24.0 Å². The highest BCUT2D eigenvalue weighted by atomic mass is 16.2. The second kappa shape index (κ2) is 6.56. The first-order valence-electron chi connectivity index (χ1n) is 9.71. The van der Waals surface area contributed by atoms with E-state index in [0.29, 0.717) is 18.4 Å². The van der Waals surface area contributed by atoms with Crippen molar-refractivity contribution in [1.29, 1.82) is 0 Å². The Kier molecular flexibility index (Phi) is 4.37. The third kappa shape index (κ3) is 3.17. The van der Waals surface area contributed by atoms with Gasteiger partial charge in [-0.3, -0.25) is 9.78 Å². The molecule has 140 valence electrons. The van der Waals surface area contributed by atoms with Crippen molar-refractivity contribution in [2.45, 2.75) is 51.5 Å². The maximum Gasteiger partial charge on any atom is 0.319 e. The Hall–Kier alpha value is -2.11. The van der Waals surface area contributed by atoms with E-state index in [1.165, 1.54) is 32.1 Å². The van der Waals surface area contributed by atoms with Crippen LogP contribution in [0.2, 0.25) is 0 Å². The first kappa shape index (κ1) is 17.3. The van der Waals surface area contributed by atoms with Crippen LogP contribution in [-0.4, -0.2) is 29.0 Å². The maximum atomic E-state index is 12.4. The smallest absolute Gasteiger partial charge is 0.319 e. The number of nitrogens with one attached hydrogen (secondary N) is 3. The summed E-state index contributed by atoms with van der Waals surface area (Å²) in [6, 6.07) is 3.39. The van der Waals surface area contributed by atoms with Crippen LogP contribution in [0.5, 0.6) is 0 Å². The van der Waals surface area contributed by atoms with Crippen molar-refractivity contribution in [2.75, 3.05) is 11.9 Å². The summed E-state index contributed by atoms with van der Waals surface area (Å²) in [5.74, 6) is 2.59. The number of amides is 3. The molecule has 4 fully saturated rings. The number of carbonyl (C=O) groups excluding carboxylic acids is 2. The number of rotatable bonds is 4. The van der Waals surface area contributed by atoms with Gasteiger partial charge in [0.15, 0.2) is 0 Å². The molecule has 3 amide bonds. The molecule has 0 saturated heterocycles. The van der Waals surface area contributed by atoms with Crippen LogP contribution in [0.15, 0.2) is 18.3 Å². The van der Waals surface area contributed by atoms with E-state index >= 15 is 0 Å². The Labute approximate surface area is 154 Å². The maximum absolute atomic E-state index is 12.4. The van der Waals surface area contributed by atoms with E-state index in [4.69, 9.17) is 0 Å². The zero-order chi connectivity index (χ0) is 18.3. The first-order chi connectivity index (χ1) is 12.4.